The molecule has 0 aromatic carbocycles. The van der Waals surface area contributed by atoms with Crippen LogP contribution in [0.5, 0.6) is 0 Å². The van der Waals surface area contributed by atoms with Gasteiger partial charge in [-0.05, 0) is 24.8 Å². The third kappa shape index (κ3) is 0.898. The fourth-order valence-corrected chi connectivity index (χ4v) is 2.13. The fraction of sp³-hybridized carbons (Fsp3) is 0.750. The predicted octanol–water partition coefficient (Wildman–Crippen LogP) is 3.07. The second-order valence-corrected chi connectivity index (χ2v) is 3.43. The second-order valence-electron chi connectivity index (χ2n) is 3.03. The number of hydrogen-bond donors (Lipinski definition) is 0. The van der Waals surface area contributed by atoms with Crippen LogP contribution in [-0.4, -0.2) is 0 Å². The van der Waals surface area contributed by atoms with E-state index in [1.54, 1.807) is 5.57 Å². The Morgan fingerprint density at radius 1 is 1.22 bits per heavy atom. The predicted molar refractivity (Wildman–Crippen MR) is 39.5 cm³/mol. The van der Waals surface area contributed by atoms with Crippen molar-refractivity contribution in [1.82, 2.24) is 0 Å². The molecule has 2 aliphatic rings. The number of hydrogen-bond acceptors (Lipinski definition) is 0. The maximum Gasteiger partial charge on any atom is 0.0251 e. The summed E-state index contributed by atoms with van der Waals surface area (Å²) in [6, 6.07) is 0. The lowest BCUT2D eigenvalue weighted by Gasteiger charge is -1.91. The minimum Gasteiger partial charge on any atom is -0.0885 e. The summed E-state index contributed by atoms with van der Waals surface area (Å²) in [6.45, 7) is 0. The molecule has 0 N–H and O–H groups in total. The highest BCUT2D eigenvalue weighted by molar-refractivity contribution is 6.33. The molecule has 0 nitrogen and oxygen atoms in total. The minimum absolute atomic E-state index is 0.758. The fourth-order valence-electron chi connectivity index (χ4n) is 1.72. The highest BCUT2D eigenvalue weighted by Crippen LogP contribution is 2.50. The van der Waals surface area contributed by atoms with Gasteiger partial charge in [-0.25, -0.2) is 0 Å². The highest BCUT2D eigenvalue weighted by atomic mass is 35.5. The largest absolute Gasteiger partial charge is 0.0885 e. The smallest absolute Gasteiger partial charge is 0.0251 e. The molecule has 1 fully saturated rings. The van der Waals surface area contributed by atoms with Crippen LogP contribution in [0.2, 0.25) is 0 Å². The van der Waals surface area contributed by atoms with E-state index in [9.17, 15) is 0 Å². The van der Waals surface area contributed by atoms with Crippen molar-refractivity contribution in [2.24, 2.45) is 5.92 Å². The van der Waals surface area contributed by atoms with E-state index in [0.717, 1.165) is 5.92 Å². The van der Waals surface area contributed by atoms with Gasteiger partial charge in [0.15, 0.2) is 0 Å². The van der Waals surface area contributed by atoms with E-state index in [1.165, 1.54) is 37.1 Å². The van der Waals surface area contributed by atoms with Gasteiger partial charge in [0.2, 0.25) is 0 Å². The van der Waals surface area contributed by atoms with Crippen LogP contribution in [0, 0.1) is 5.92 Å². The molecule has 1 unspecified atom stereocenters. The van der Waals surface area contributed by atoms with Crippen molar-refractivity contribution in [3.05, 3.63) is 10.6 Å². The SMILES string of the molecule is ClC1=C2CCCCCC12. The third-order valence-corrected chi connectivity index (χ3v) is 2.90. The Labute approximate surface area is 60.9 Å². The van der Waals surface area contributed by atoms with Crippen molar-refractivity contribution in [1.29, 1.82) is 0 Å². The van der Waals surface area contributed by atoms with Crippen LogP contribution in [0.4, 0.5) is 0 Å². The Hall–Kier alpha value is 0.0300. The number of rotatable bonds is 0. The van der Waals surface area contributed by atoms with Crippen molar-refractivity contribution in [2.75, 3.05) is 0 Å². The Bertz CT molecular complexity index is 158. The maximum atomic E-state index is 5.91. The zero-order valence-corrected chi connectivity index (χ0v) is 6.25. The van der Waals surface area contributed by atoms with Crippen LogP contribution in [0.3, 0.4) is 0 Å². The molecule has 0 saturated heterocycles. The van der Waals surface area contributed by atoms with E-state index in [4.69, 9.17) is 11.6 Å². The van der Waals surface area contributed by atoms with Crippen LogP contribution in [0.15, 0.2) is 10.6 Å². The molecule has 2 aliphatic carbocycles. The topological polar surface area (TPSA) is 0 Å². The molecular weight excluding hydrogens is 132 g/mol. The summed E-state index contributed by atoms with van der Waals surface area (Å²) in [7, 11) is 0. The van der Waals surface area contributed by atoms with E-state index >= 15 is 0 Å². The summed E-state index contributed by atoms with van der Waals surface area (Å²) in [5.41, 5.74) is 1.58. The first-order chi connectivity index (χ1) is 4.39. The van der Waals surface area contributed by atoms with Crippen molar-refractivity contribution >= 4 is 11.6 Å². The third-order valence-electron chi connectivity index (χ3n) is 2.39. The molecule has 2 rings (SSSR count). The van der Waals surface area contributed by atoms with Crippen LogP contribution < -0.4 is 0 Å². The van der Waals surface area contributed by atoms with E-state index in [0.29, 0.717) is 0 Å². The average Bonchev–Trinajstić information content (AvgIpc) is 2.51. The maximum absolute atomic E-state index is 5.91. The first kappa shape index (κ1) is 5.79. The van der Waals surface area contributed by atoms with Crippen molar-refractivity contribution in [3.8, 4) is 0 Å². The Balaban J connectivity index is 2.03. The zero-order chi connectivity index (χ0) is 6.27. The molecule has 9 heavy (non-hydrogen) atoms. The normalized spacial score (nSPS) is 33.7. The van der Waals surface area contributed by atoms with Gasteiger partial charge < -0.3 is 0 Å². The van der Waals surface area contributed by atoms with Crippen LogP contribution in [0.25, 0.3) is 0 Å². The first-order valence-electron chi connectivity index (χ1n) is 3.78. The lowest BCUT2D eigenvalue weighted by molar-refractivity contribution is 0.666. The van der Waals surface area contributed by atoms with Gasteiger partial charge >= 0.3 is 0 Å². The summed E-state index contributed by atoms with van der Waals surface area (Å²) in [6.07, 6.45) is 6.83. The summed E-state index contributed by atoms with van der Waals surface area (Å²) < 4.78 is 0. The molecule has 0 heterocycles. The van der Waals surface area contributed by atoms with E-state index in [2.05, 4.69) is 0 Å². The van der Waals surface area contributed by atoms with Gasteiger partial charge in [-0.2, -0.15) is 0 Å². The summed E-state index contributed by atoms with van der Waals surface area (Å²) in [5.74, 6) is 0.758. The molecule has 1 saturated carbocycles. The standard InChI is InChI=1S/C8H11Cl/c9-8-6-4-2-1-3-5-7(6)8/h6H,1-5H2. The first-order valence-corrected chi connectivity index (χ1v) is 4.16. The Kier molecular flexibility index (Phi) is 1.30. The monoisotopic (exact) mass is 142 g/mol. The number of allylic oxidation sites excluding steroid dienone is 2. The van der Waals surface area contributed by atoms with Crippen LogP contribution >= 0.6 is 11.6 Å². The van der Waals surface area contributed by atoms with Crippen molar-refractivity contribution in [3.63, 3.8) is 0 Å². The molecule has 0 amide bonds. The molecule has 0 bridgehead atoms. The van der Waals surface area contributed by atoms with Crippen molar-refractivity contribution in [2.45, 2.75) is 32.1 Å². The molecule has 0 spiro atoms. The van der Waals surface area contributed by atoms with Gasteiger partial charge in [-0.15, -0.1) is 0 Å². The minimum atomic E-state index is 0.758. The zero-order valence-electron chi connectivity index (χ0n) is 5.49. The van der Waals surface area contributed by atoms with Gasteiger partial charge in [-0.3, -0.25) is 0 Å². The Morgan fingerprint density at radius 3 is 3.00 bits per heavy atom. The summed E-state index contributed by atoms with van der Waals surface area (Å²) in [4.78, 5) is 0. The summed E-state index contributed by atoms with van der Waals surface area (Å²) in [5, 5.41) is 1.20. The van der Waals surface area contributed by atoms with Gasteiger partial charge in [0.25, 0.3) is 0 Å². The summed E-state index contributed by atoms with van der Waals surface area (Å²) >= 11 is 5.91. The van der Waals surface area contributed by atoms with E-state index in [-0.39, 0.29) is 0 Å². The molecular formula is C8H11Cl. The lowest BCUT2D eigenvalue weighted by atomic mass is 10.2. The molecule has 0 radical (unpaired) electrons. The average molecular weight is 143 g/mol. The van der Waals surface area contributed by atoms with E-state index in [1.807, 2.05) is 0 Å². The molecule has 0 aromatic heterocycles. The van der Waals surface area contributed by atoms with Gasteiger partial charge in [-0.1, -0.05) is 24.4 Å². The molecule has 50 valence electrons. The van der Waals surface area contributed by atoms with Gasteiger partial charge in [0.05, 0.1) is 0 Å². The van der Waals surface area contributed by atoms with Gasteiger partial charge in [0, 0.05) is 11.0 Å². The number of fused-ring (bicyclic) bond motifs is 1. The second kappa shape index (κ2) is 2.02. The molecule has 0 aromatic rings. The molecule has 1 heteroatoms. The number of halogens is 1. The lowest BCUT2D eigenvalue weighted by Crippen LogP contribution is -1.77. The van der Waals surface area contributed by atoms with Gasteiger partial charge in [0.1, 0.15) is 0 Å². The Morgan fingerprint density at radius 2 is 2.11 bits per heavy atom. The molecule has 0 aliphatic heterocycles. The van der Waals surface area contributed by atoms with E-state index < -0.39 is 0 Å². The van der Waals surface area contributed by atoms with Crippen LogP contribution in [-0.2, 0) is 0 Å². The van der Waals surface area contributed by atoms with Crippen LogP contribution in [0.1, 0.15) is 32.1 Å². The molecule has 1 atom stereocenters. The highest BCUT2D eigenvalue weighted by Gasteiger charge is 2.34. The van der Waals surface area contributed by atoms with Crippen molar-refractivity contribution < 1.29 is 0 Å². The quantitative estimate of drug-likeness (QED) is 0.488.